The second-order valence-corrected chi connectivity index (χ2v) is 6.79. The summed E-state index contributed by atoms with van der Waals surface area (Å²) in [4.78, 5) is 39.7. The van der Waals surface area contributed by atoms with E-state index in [0.717, 1.165) is 11.5 Å². The van der Waals surface area contributed by atoms with Gasteiger partial charge in [0.25, 0.3) is 5.91 Å². The van der Waals surface area contributed by atoms with Crippen LogP contribution in [0, 0.1) is 18.8 Å². The van der Waals surface area contributed by atoms with Crippen LogP contribution < -0.4 is 5.73 Å². The Morgan fingerprint density at radius 3 is 2.22 bits per heavy atom. The minimum absolute atomic E-state index is 0.106. The fourth-order valence-electron chi connectivity index (χ4n) is 2.17. The van der Waals surface area contributed by atoms with E-state index in [9.17, 15) is 14.4 Å². The number of piperazine rings is 1. The number of primary amides is 1. The third-order valence-electron chi connectivity index (χ3n) is 3.84. The highest BCUT2D eigenvalue weighted by Gasteiger charge is 2.33. The molecule has 0 aromatic carbocycles. The van der Waals surface area contributed by atoms with Gasteiger partial charge >= 0.3 is 0 Å². The molecule has 0 unspecified atom stereocenters. The van der Waals surface area contributed by atoms with Crippen molar-refractivity contribution in [1.29, 1.82) is 0 Å². The summed E-state index contributed by atoms with van der Waals surface area (Å²) in [5.74, 6) is -0.893. The van der Waals surface area contributed by atoms with Crippen molar-refractivity contribution in [1.82, 2.24) is 19.4 Å². The predicted octanol–water partition coefficient (Wildman–Crippen LogP) is -0.153. The standard InChI is InChI=1S/C14H20N5O3S/c1-9-11(23-17-16-9)12(21)19-6-4-18(5-7-19)10(20)8-14(2,3)13(15)22/h8H,4-7H2,1-3H3,(H2,15,22). The van der Waals surface area contributed by atoms with Crippen LogP contribution in [0.25, 0.3) is 0 Å². The van der Waals surface area contributed by atoms with Gasteiger partial charge < -0.3 is 15.5 Å². The Labute approximate surface area is 138 Å². The number of hydrogen-bond donors (Lipinski definition) is 1. The summed E-state index contributed by atoms with van der Waals surface area (Å²) < 4.78 is 3.77. The second kappa shape index (κ2) is 6.61. The molecule has 1 aromatic rings. The Morgan fingerprint density at radius 1 is 1.17 bits per heavy atom. The predicted molar refractivity (Wildman–Crippen MR) is 84.4 cm³/mol. The summed E-state index contributed by atoms with van der Waals surface area (Å²) in [6.45, 7) is 6.67. The molecule has 0 saturated carbocycles. The molecule has 1 aliphatic heterocycles. The Kier molecular flexibility index (Phi) is 4.98. The summed E-state index contributed by atoms with van der Waals surface area (Å²) in [5, 5.41) is 3.84. The molecule has 2 N–H and O–H groups in total. The van der Waals surface area contributed by atoms with Crippen LogP contribution in [-0.2, 0) is 9.59 Å². The maximum atomic E-state index is 12.4. The van der Waals surface area contributed by atoms with Crippen molar-refractivity contribution in [2.24, 2.45) is 11.1 Å². The summed E-state index contributed by atoms with van der Waals surface area (Å²) >= 11 is 1.08. The number of aryl methyl sites for hydroxylation is 1. The maximum Gasteiger partial charge on any atom is 0.267 e. The highest BCUT2D eigenvalue weighted by molar-refractivity contribution is 7.07. The lowest BCUT2D eigenvalue weighted by atomic mass is 9.88. The number of carbonyl (C=O) groups excluding carboxylic acids is 3. The van der Waals surface area contributed by atoms with Crippen LogP contribution in [0.4, 0.5) is 0 Å². The maximum absolute atomic E-state index is 12.4. The molecule has 0 atom stereocenters. The zero-order valence-electron chi connectivity index (χ0n) is 13.4. The minimum Gasteiger partial charge on any atom is -0.369 e. The van der Waals surface area contributed by atoms with Gasteiger partial charge in [0.05, 0.1) is 17.5 Å². The molecule has 2 rings (SSSR count). The van der Waals surface area contributed by atoms with Gasteiger partial charge in [-0.2, -0.15) is 0 Å². The fraction of sp³-hybridized carbons (Fsp3) is 0.571. The first-order chi connectivity index (χ1) is 10.7. The lowest BCUT2D eigenvalue weighted by molar-refractivity contribution is -0.134. The molecule has 3 amide bonds. The molecule has 1 fully saturated rings. The Hall–Kier alpha value is -2.03. The van der Waals surface area contributed by atoms with Gasteiger partial charge in [0.15, 0.2) is 0 Å². The Morgan fingerprint density at radius 2 is 1.74 bits per heavy atom. The number of nitrogens with two attached hydrogens (primary N) is 1. The molecule has 1 saturated heterocycles. The molecule has 1 aromatic heterocycles. The van der Waals surface area contributed by atoms with Gasteiger partial charge in [-0.05, 0) is 18.5 Å². The van der Waals surface area contributed by atoms with Gasteiger partial charge in [0, 0.05) is 26.2 Å². The normalized spacial score (nSPS) is 15.6. The van der Waals surface area contributed by atoms with Crippen molar-refractivity contribution in [3.63, 3.8) is 0 Å². The average Bonchev–Trinajstić information content (AvgIpc) is 2.92. The zero-order valence-corrected chi connectivity index (χ0v) is 14.2. The van der Waals surface area contributed by atoms with E-state index in [1.165, 1.54) is 6.42 Å². The SMILES string of the molecule is Cc1nnsc1C(=O)N1CCN(C(=O)[CH]C(C)(C)C(N)=O)CC1. The van der Waals surface area contributed by atoms with Crippen molar-refractivity contribution in [3.8, 4) is 0 Å². The largest absolute Gasteiger partial charge is 0.369 e. The summed E-state index contributed by atoms with van der Waals surface area (Å²) in [7, 11) is 0. The summed E-state index contributed by atoms with van der Waals surface area (Å²) in [5.41, 5.74) is 4.90. The first-order valence-corrected chi connectivity index (χ1v) is 8.02. The third-order valence-corrected chi connectivity index (χ3v) is 4.66. The molecular formula is C14H20N5O3S. The van der Waals surface area contributed by atoms with E-state index in [2.05, 4.69) is 9.59 Å². The number of aromatic nitrogens is 2. The first kappa shape index (κ1) is 17.3. The van der Waals surface area contributed by atoms with E-state index in [0.29, 0.717) is 36.8 Å². The quantitative estimate of drug-likeness (QED) is 0.821. The molecule has 1 aliphatic rings. The zero-order chi connectivity index (χ0) is 17.2. The van der Waals surface area contributed by atoms with E-state index in [1.54, 1.807) is 30.6 Å². The monoisotopic (exact) mass is 338 g/mol. The van der Waals surface area contributed by atoms with E-state index in [-0.39, 0.29) is 11.8 Å². The van der Waals surface area contributed by atoms with Gasteiger partial charge in [-0.25, -0.2) is 0 Å². The average molecular weight is 338 g/mol. The molecule has 2 heterocycles. The number of carbonyl (C=O) groups is 3. The smallest absolute Gasteiger partial charge is 0.267 e. The highest BCUT2D eigenvalue weighted by Crippen LogP contribution is 2.21. The van der Waals surface area contributed by atoms with Gasteiger partial charge in [0.2, 0.25) is 11.8 Å². The number of rotatable bonds is 4. The molecule has 1 radical (unpaired) electrons. The third kappa shape index (κ3) is 3.84. The Bertz CT molecular complexity index is 620. The van der Waals surface area contributed by atoms with Crippen LogP contribution in [0.5, 0.6) is 0 Å². The topological polar surface area (TPSA) is 109 Å². The molecular weight excluding hydrogens is 318 g/mol. The van der Waals surface area contributed by atoms with Crippen LogP contribution in [0.1, 0.15) is 29.2 Å². The van der Waals surface area contributed by atoms with Crippen molar-refractivity contribution in [2.45, 2.75) is 20.8 Å². The van der Waals surface area contributed by atoms with Crippen LogP contribution in [0.3, 0.4) is 0 Å². The van der Waals surface area contributed by atoms with Crippen LogP contribution >= 0.6 is 11.5 Å². The lowest BCUT2D eigenvalue weighted by Crippen LogP contribution is -2.51. The van der Waals surface area contributed by atoms with Gasteiger partial charge in [-0.1, -0.05) is 18.3 Å². The molecule has 125 valence electrons. The van der Waals surface area contributed by atoms with E-state index in [4.69, 9.17) is 5.73 Å². The van der Waals surface area contributed by atoms with Crippen LogP contribution in [-0.4, -0.2) is 63.3 Å². The van der Waals surface area contributed by atoms with Gasteiger partial charge in [0.1, 0.15) is 4.88 Å². The van der Waals surface area contributed by atoms with Crippen molar-refractivity contribution >= 4 is 29.3 Å². The molecule has 23 heavy (non-hydrogen) atoms. The number of amides is 3. The molecule has 0 spiro atoms. The molecule has 0 aliphatic carbocycles. The fourth-order valence-corrected chi connectivity index (χ4v) is 2.80. The first-order valence-electron chi connectivity index (χ1n) is 7.25. The van der Waals surface area contributed by atoms with Gasteiger partial charge in [-0.3, -0.25) is 14.4 Å². The summed E-state index contributed by atoms with van der Waals surface area (Å²) in [6, 6.07) is 0. The molecule has 8 nitrogen and oxygen atoms in total. The summed E-state index contributed by atoms with van der Waals surface area (Å²) in [6.07, 6.45) is 1.34. The van der Waals surface area contributed by atoms with Crippen LogP contribution in [0.2, 0.25) is 0 Å². The van der Waals surface area contributed by atoms with Gasteiger partial charge in [-0.15, -0.1) is 5.10 Å². The second-order valence-electron chi connectivity index (χ2n) is 6.04. The van der Waals surface area contributed by atoms with Crippen LogP contribution in [0.15, 0.2) is 0 Å². The van der Waals surface area contributed by atoms with E-state index in [1.807, 2.05) is 0 Å². The number of nitrogens with zero attached hydrogens (tertiary/aromatic N) is 4. The van der Waals surface area contributed by atoms with Crippen molar-refractivity contribution in [2.75, 3.05) is 26.2 Å². The lowest BCUT2D eigenvalue weighted by Gasteiger charge is -2.35. The highest BCUT2D eigenvalue weighted by atomic mass is 32.1. The van der Waals surface area contributed by atoms with E-state index >= 15 is 0 Å². The van der Waals surface area contributed by atoms with Crippen molar-refractivity contribution < 1.29 is 14.4 Å². The van der Waals surface area contributed by atoms with E-state index < -0.39 is 11.3 Å². The minimum atomic E-state index is -0.991. The molecule has 0 bridgehead atoms. The molecule has 9 heteroatoms. The Balaban J connectivity index is 1.91. The van der Waals surface area contributed by atoms with Crippen molar-refractivity contribution in [3.05, 3.63) is 17.0 Å². The number of hydrogen-bond acceptors (Lipinski definition) is 6.